The maximum absolute atomic E-state index is 9.25. The van der Waals surface area contributed by atoms with E-state index >= 15 is 0 Å². The van der Waals surface area contributed by atoms with Crippen LogP contribution < -0.4 is 0 Å². The minimum atomic E-state index is -1.22. The third-order valence-corrected chi connectivity index (χ3v) is 4.44. The van der Waals surface area contributed by atoms with Crippen molar-refractivity contribution in [2.75, 3.05) is 13.2 Å². The fourth-order valence-electron chi connectivity index (χ4n) is 0.837. The smallest absolute Gasteiger partial charge is 0.327 e. The summed E-state index contributed by atoms with van der Waals surface area (Å²) >= 11 is 27.9. The predicted octanol–water partition coefficient (Wildman–Crippen LogP) is 2.61. The van der Waals surface area contributed by atoms with E-state index in [9.17, 15) is 9.90 Å². The highest BCUT2D eigenvalue weighted by Crippen LogP contribution is 2.47. The van der Waals surface area contributed by atoms with Gasteiger partial charge in [-0.15, -0.1) is 0 Å². The molecule has 0 saturated heterocycles. The molecule has 1 aromatic rings. The summed E-state index contributed by atoms with van der Waals surface area (Å²) in [6.07, 6.45) is -1.61. The maximum atomic E-state index is 9.25. The summed E-state index contributed by atoms with van der Waals surface area (Å²) in [5, 5.41) is 49.8. The number of aliphatic hydroxyl groups is 4. The van der Waals surface area contributed by atoms with Gasteiger partial charge in [0.05, 0.1) is 28.3 Å². The molecule has 1 rings (SSSR count). The van der Waals surface area contributed by atoms with Gasteiger partial charge in [-0.3, -0.25) is 0 Å². The van der Waals surface area contributed by atoms with Gasteiger partial charge in [0.15, 0.2) is 5.75 Å². The summed E-state index contributed by atoms with van der Waals surface area (Å²) in [7, 11) is 0. The fraction of sp³-hybridized carbons (Fsp3) is 0.308. The molecule has 6 N–H and O–H groups in total. The van der Waals surface area contributed by atoms with Gasteiger partial charge in [0.2, 0.25) is 0 Å². The van der Waals surface area contributed by atoms with Crippen LogP contribution in [-0.4, -0.2) is 62.0 Å². The third kappa shape index (κ3) is 9.69. The van der Waals surface area contributed by atoms with Gasteiger partial charge in [-0.05, 0) is 0 Å². The number of phenolic OH excluding ortho intramolecular Hbond substituents is 1. The summed E-state index contributed by atoms with van der Waals surface area (Å²) in [6.45, 7) is 1.91. The molecule has 0 spiro atoms. The summed E-state index contributed by atoms with van der Waals surface area (Å²) in [5.74, 6) is -1.34. The SMILES string of the molecule is C=CC(=O)O.OCC(O)C(O)CO.Oc1c(Cl)c(Cl)c(Cl)c(Cl)c1Cl. The summed E-state index contributed by atoms with van der Waals surface area (Å²) in [6, 6.07) is 0. The first-order valence-corrected chi connectivity index (χ1v) is 7.98. The van der Waals surface area contributed by atoms with Crippen molar-refractivity contribution in [2.45, 2.75) is 12.2 Å². The molecule has 2 atom stereocenters. The normalized spacial score (nSPS) is 12.0. The quantitative estimate of drug-likeness (QED) is 0.231. The second-order valence-electron chi connectivity index (χ2n) is 3.96. The lowest BCUT2D eigenvalue weighted by molar-refractivity contribution is -0.131. The number of carboxylic acids is 1. The first kappa shape index (κ1) is 26.7. The number of benzene rings is 1. The van der Waals surface area contributed by atoms with E-state index in [1.54, 1.807) is 0 Å². The van der Waals surface area contributed by atoms with Gasteiger partial charge < -0.3 is 30.6 Å². The molecule has 7 nitrogen and oxygen atoms in total. The molecule has 2 unspecified atom stereocenters. The molecule has 0 aliphatic carbocycles. The highest BCUT2D eigenvalue weighted by atomic mass is 35.5. The molecule has 0 amide bonds. The zero-order valence-corrected chi connectivity index (χ0v) is 16.1. The minimum Gasteiger partial charge on any atom is -0.505 e. The van der Waals surface area contributed by atoms with E-state index in [0.29, 0.717) is 0 Å². The monoisotopic (exact) mass is 458 g/mol. The van der Waals surface area contributed by atoms with Gasteiger partial charge in [-0.1, -0.05) is 64.6 Å². The van der Waals surface area contributed by atoms with Crippen LogP contribution in [0.15, 0.2) is 12.7 Å². The summed E-state index contributed by atoms with van der Waals surface area (Å²) < 4.78 is 0. The molecule has 1 aromatic carbocycles. The van der Waals surface area contributed by atoms with Gasteiger partial charge >= 0.3 is 5.97 Å². The van der Waals surface area contributed by atoms with Crippen LogP contribution in [0.1, 0.15) is 0 Å². The van der Waals surface area contributed by atoms with E-state index < -0.39 is 31.4 Å². The Bertz CT molecular complexity index is 469. The van der Waals surface area contributed by atoms with Crippen LogP contribution in [0.25, 0.3) is 0 Å². The molecule has 144 valence electrons. The van der Waals surface area contributed by atoms with Crippen molar-refractivity contribution in [3.63, 3.8) is 0 Å². The van der Waals surface area contributed by atoms with E-state index in [-0.39, 0.29) is 30.9 Å². The number of hydrogen-bond acceptors (Lipinski definition) is 6. The standard InChI is InChI=1S/C6HCl5O.C4H10O4.C3H4O2/c7-1-2(8)4(10)6(12)5(11)3(1)9;5-1-3(7)4(8)2-6;1-2-3(4)5/h12H;3-8H,1-2H2;2H,1H2,(H,4,5). The molecule has 0 saturated carbocycles. The molecular weight excluding hydrogens is 445 g/mol. The van der Waals surface area contributed by atoms with Gasteiger partial charge in [0.1, 0.15) is 22.3 Å². The Hall–Kier alpha value is -0.480. The average Bonchev–Trinajstić information content (AvgIpc) is 2.62. The first-order valence-electron chi connectivity index (χ1n) is 6.09. The van der Waals surface area contributed by atoms with Gasteiger partial charge in [0.25, 0.3) is 0 Å². The van der Waals surface area contributed by atoms with Crippen molar-refractivity contribution < 1.29 is 35.4 Å². The lowest BCUT2D eigenvalue weighted by atomic mass is 10.2. The Morgan fingerprint density at radius 2 is 1.12 bits per heavy atom. The van der Waals surface area contributed by atoms with E-state index in [2.05, 4.69) is 6.58 Å². The molecule has 0 aliphatic rings. The van der Waals surface area contributed by atoms with Crippen molar-refractivity contribution in [1.82, 2.24) is 0 Å². The predicted molar refractivity (Wildman–Crippen MR) is 97.2 cm³/mol. The largest absolute Gasteiger partial charge is 0.505 e. The number of rotatable bonds is 4. The van der Waals surface area contributed by atoms with Crippen LogP contribution in [0.4, 0.5) is 0 Å². The molecule has 25 heavy (non-hydrogen) atoms. The Labute approximate surface area is 168 Å². The second-order valence-corrected chi connectivity index (χ2v) is 5.85. The molecule has 0 aromatic heterocycles. The lowest BCUT2D eigenvalue weighted by Crippen LogP contribution is -2.31. The number of carbonyl (C=O) groups is 1. The highest BCUT2D eigenvalue weighted by Gasteiger charge is 2.18. The zero-order valence-electron chi connectivity index (χ0n) is 12.3. The van der Waals surface area contributed by atoms with E-state index in [1.165, 1.54) is 0 Å². The van der Waals surface area contributed by atoms with Crippen molar-refractivity contribution >= 4 is 64.0 Å². The van der Waals surface area contributed by atoms with Crippen LogP contribution in [0, 0.1) is 0 Å². The Kier molecular flexibility index (Phi) is 14.6. The molecule has 0 radical (unpaired) electrons. The average molecular weight is 461 g/mol. The van der Waals surface area contributed by atoms with Gasteiger partial charge in [-0.25, -0.2) is 4.79 Å². The van der Waals surface area contributed by atoms with E-state index in [0.717, 1.165) is 6.08 Å². The van der Waals surface area contributed by atoms with Crippen molar-refractivity contribution in [3.05, 3.63) is 37.8 Å². The maximum Gasteiger partial charge on any atom is 0.327 e. The first-order chi connectivity index (χ1) is 11.5. The number of hydrogen-bond donors (Lipinski definition) is 6. The number of aliphatic hydroxyl groups excluding tert-OH is 4. The number of carboxylic acid groups (broad SMARTS) is 1. The Balaban J connectivity index is 0. The van der Waals surface area contributed by atoms with Gasteiger partial charge in [-0.2, -0.15) is 0 Å². The molecule has 0 aliphatic heterocycles. The van der Waals surface area contributed by atoms with E-state index in [1.807, 2.05) is 0 Å². The van der Waals surface area contributed by atoms with Crippen LogP contribution in [-0.2, 0) is 4.79 Å². The Morgan fingerprint density at radius 1 is 0.880 bits per heavy atom. The number of phenols is 1. The molecular formula is C13H15Cl5O7. The zero-order chi connectivity index (χ0) is 20.3. The molecule has 12 heteroatoms. The highest BCUT2D eigenvalue weighted by molar-refractivity contribution is 6.55. The van der Waals surface area contributed by atoms with Crippen molar-refractivity contribution in [1.29, 1.82) is 0 Å². The summed E-state index contributed by atoms with van der Waals surface area (Å²) in [4.78, 5) is 9.25. The molecule has 0 bridgehead atoms. The molecule has 0 fully saturated rings. The van der Waals surface area contributed by atoms with Crippen molar-refractivity contribution in [3.8, 4) is 5.75 Å². The van der Waals surface area contributed by atoms with Gasteiger partial charge in [0, 0.05) is 6.08 Å². The van der Waals surface area contributed by atoms with Crippen LogP contribution in [0.2, 0.25) is 25.1 Å². The summed E-state index contributed by atoms with van der Waals surface area (Å²) in [5.41, 5.74) is 0. The van der Waals surface area contributed by atoms with E-state index in [4.69, 9.17) is 83.5 Å². The topological polar surface area (TPSA) is 138 Å². The minimum absolute atomic E-state index is 0.00904. The fourth-order valence-corrected chi connectivity index (χ4v) is 1.97. The van der Waals surface area contributed by atoms with Crippen molar-refractivity contribution in [2.24, 2.45) is 0 Å². The number of aliphatic carboxylic acids is 1. The van der Waals surface area contributed by atoms with Crippen LogP contribution >= 0.6 is 58.0 Å². The van der Waals surface area contributed by atoms with Crippen LogP contribution in [0.3, 0.4) is 0 Å². The Morgan fingerprint density at radius 3 is 1.32 bits per heavy atom. The number of aromatic hydroxyl groups is 1. The number of halogens is 5. The molecule has 0 heterocycles. The second kappa shape index (κ2) is 13.7. The lowest BCUT2D eigenvalue weighted by Gasteiger charge is -2.10. The van der Waals surface area contributed by atoms with Crippen LogP contribution in [0.5, 0.6) is 5.75 Å². The third-order valence-electron chi connectivity index (χ3n) is 2.18.